The van der Waals surface area contributed by atoms with Crippen molar-refractivity contribution in [2.45, 2.75) is 20.8 Å². The second kappa shape index (κ2) is 5.36. The average molecular weight is 272 g/mol. The van der Waals surface area contributed by atoms with E-state index in [4.69, 9.17) is 22.7 Å². The van der Waals surface area contributed by atoms with Gasteiger partial charge in [-0.1, -0.05) is 24.4 Å². The summed E-state index contributed by atoms with van der Waals surface area (Å²) in [4.78, 5) is 4.53. The van der Waals surface area contributed by atoms with E-state index in [9.17, 15) is 0 Å². The van der Waals surface area contributed by atoms with Crippen molar-refractivity contribution in [1.82, 2.24) is 4.98 Å². The first-order chi connectivity index (χ1) is 8.99. The summed E-state index contributed by atoms with van der Waals surface area (Å²) in [5, 5.41) is 0. The Kier molecular flexibility index (Phi) is 3.81. The summed E-state index contributed by atoms with van der Waals surface area (Å²) < 4.78 is 5.89. The highest BCUT2D eigenvalue weighted by molar-refractivity contribution is 7.80. The van der Waals surface area contributed by atoms with Crippen LogP contribution in [0.4, 0.5) is 0 Å². The van der Waals surface area contributed by atoms with E-state index in [0.29, 0.717) is 10.9 Å². The van der Waals surface area contributed by atoms with Crippen LogP contribution in [0, 0.1) is 20.8 Å². The van der Waals surface area contributed by atoms with Crippen LogP contribution in [0.1, 0.15) is 22.3 Å². The molecule has 0 atom stereocenters. The van der Waals surface area contributed by atoms with Crippen molar-refractivity contribution in [3.63, 3.8) is 0 Å². The zero-order chi connectivity index (χ0) is 14.0. The molecule has 1 aromatic heterocycles. The lowest BCUT2D eigenvalue weighted by Gasteiger charge is -2.13. The Labute approximate surface area is 118 Å². The summed E-state index contributed by atoms with van der Waals surface area (Å²) in [6.45, 7) is 6.11. The molecular formula is C15H16N2OS. The van der Waals surface area contributed by atoms with E-state index in [1.165, 1.54) is 5.56 Å². The Balaban J connectivity index is 2.39. The maximum atomic E-state index is 5.89. The van der Waals surface area contributed by atoms with Gasteiger partial charge in [0.05, 0.1) is 0 Å². The first kappa shape index (κ1) is 13.5. The largest absolute Gasteiger partial charge is 0.438 e. The monoisotopic (exact) mass is 272 g/mol. The van der Waals surface area contributed by atoms with Gasteiger partial charge in [-0.25, -0.2) is 4.98 Å². The van der Waals surface area contributed by atoms with E-state index in [1.807, 2.05) is 19.9 Å². The molecule has 2 rings (SSSR count). The SMILES string of the molecule is Cc1ccc(C)c(Oc2cc(C(N)=S)ccn2)c1C. The quantitative estimate of drug-likeness (QED) is 0.870. The zero-order valence-electron chi connectivity index (χ0n) is 11.2. The summed E-state index contributed by atoms with van der Waals surface area (Å²) in [6.07, 6.45) is 1.64. The molecular weight excluding hydrogens is 256 g/mol. The van der Waals surface area contributed by atoms with Gasteiger partial charge in [0, 0.05) is 17.8 Å². The first-order valence-corrected chi connectivity index (χ1v) is 6.40. The molecule has 0 spiro atoms. The number of benzene rings is 1. The predicted octanol–water partition coefficient (Wildman–Crippen LogP) is 3.43. The number of ether oxygens (including phenoxy) is 1. The number of hydrogen-bond donors (Lipinski definition) is 1. The molecule has 2 N–H and O–H groups in total. The third kappa shape index (κ3) is 2.90. The molecule has 0 radical (unpaired) electrons. The second-order valence-corrected chi connectivity index (χ2v) is 4.94. The highest BCUT2D eigenvalue weighted by Gasteiger charge is 2.09. The topological polar surface area (TPSA) is 48.1 Å². The standard InChI is InChI=1S/C15H16N2OS/c1-9-4-5-10(2)14(11(9)3)18-13-8-12(15(16)19)6-7-17-13/h4-8H,1-3H3,(H2,16,19). The van der Waals surface area contributed by atoms with Crippen LogP contribution in [-0.4, -0.2) is 9.97 Å². The highest BCUT2D eigenvalue weighted by Crippen LogP contribution is 2.29. The van der Waals surface area contributed by atoms with Crippen LogP contribution in [-0.2, 0) is 0 Å². The van der Waals surface area contributed by atoms with Gasteiger partial charge in [-0.2, -0.15) is 0 Å². The van der Waals surface area contributed by atoms with E-state index in [0.717, 1.165) is 22.4 Å². The molecule has 0 aliphatic heterocycles. The molecule has 0 fully saturated rings. The van der Waals surface area contributed by atoms with Crippen LogP contribution in [0.5, 0.6) is 11.6 Å². The molecule has 4 heteroatoms. The van der Waals surface area contributed by atoms with Gasteiger partial charge in [0.15, 0.2) is 0 Å². The Morgan fingerprint density at radius 3 is 2.53 bits per heavy atom. The van der Waals surface area contributed by atoms with Crippen LogP contribution in [0.2, 0.25) is 0 Å². The molecule has 19 heavy (non-hydrogen) atoms. The number of aromatic nitrogens is 1. The maximum absolute atomic E-state index is 5.89. The lowest BCUT2D eigenvalue weighted by atomic mass is 10.1. The minimum atomic E-state index is 0.338. The van der Waals surface area contributed by atoms with Crippen molar-refractivity contribution in [1.29, 1.82) is 0 Å². The average Bonchev–Trinajstić information content (AvgIpc) is 2.39. The number of rotatable bonds is 3. The van der Waals surface area contributed by atoms with E-state index in [2.05, 4.69) is 18.0 Å². The van der Waals surface area contributed by atoms with Gasteiger partial charge in [-0.3, -0.25) is 0 Å². The highest BCUT2D eigenvalue weighted by atomic mass is 32.1. The number of pyridine rings is 1. The van der Waals surface area contributed by atoms with Crippen LogP contribution in [0.3, 0.4) is 0 Å². The van der Waals surface area contributed by atoms with Gasteiger partial charge in [0.1, 0.15) is 10.7 Å². The van der Waals surface area contributed by atoms with E-state index >= 15 is 0 Å². The summed E-state index contributed by atoms with van der Waals surface area (Å²) in [7, 11) is 0. The third-order valence-electron chi connectivity index (χ3n) is 3.10. The molecule has 0 aliphatic carbocycles. The van der Waals surface area contributed by atoms with Gasteiger partial charge in [-0.05, 0) is 43.5 Å². The summed E-state index contributed by atoms with van der Waals surface area (Å²) >= 11 is 4.95. The number of hydrogen-bond acceptors (Lipinski definition) is 3. The summed E-state index contributed by atoms with van der Waals surface area (Å²) in [5.74, 6) is 1.34. The van der Waals surface area contributed by atoms with Gasteiger partial charge in [0.2, 0.25) is 5.88 Å². The van der Waals surface area contributed by atoms with Crippen LogP contribution < -0.4 is 10.5 Å². The number of thiocarbonyl (C=S) groups is 1. The van der Waals surface area contributed by atoms with Crippen LogP contribution in [0.15, 0.2) is 30.5 Å². The lowest BCUT2D eigenvalue weighted by molar-refractivity contribution is 0.455. The lowest BCUT2D eigenvalue weighted by Crippen LogP contribution is -2.09. The Bertz CT molecular complexity index is 638. The van der Waals surface area contributed by atoms with Crippen molar-refractivity contribution in [2.75, 3.05) is 0 Å². The molecule has 3 nitrogen and oxygen atoms in total. The fraction of sp³-hybridized carbons (Fsp3) is 0.200. The minimum absolute atomic E-state index is 0.338. The van der Waals surface area contributed by atoms with Crippen LogP contribution in [0.25, 0.3) is 0 Å². The minimum Gasteiger partial charge on any atom is -0.438 e. The Hall–Kier alpha value is -1.94. The van der Waals surface area contributed by atoms with Crippen molar-refractivity contribution in [3.05, 3.63) is 52.7 Å². The summed E-state index contributed by atoms with van der Waals surface area (Å²) in [6, 6.07) is 7.64. The number of nitrogens with zero attached hydrogens (tertiary/aromatic N) is 1. The number of aryl methyl sites for hydroxylation is 2. The molecule has 1 aromatic carbocycles. The van der Waals surface area contributed by atoms with E-state index in [1.54, 1.807) is 18.3 Å². The number of nitrogens with two attached hydrogens (primary N) is 1. The smallest absolute Gasteiger partial charge is 0.219 e. The molecule has 0 aliphatic rings. The van der Waals surface area contributed by atoms with E-state index in [-0.39, 0.29) is 0 Å². The first-order valence-electron chi connectivity index (χ1n) is 5.99. The molecule has 0 saturated heterocycles. The third-order valence-corrected chi connectivity index (χ3v) is 3.34. The van der Waals surface area contributed by atoms with Crippen molar-refractivity contribution < 1.29 is 4.74 Å². The van der Waals surface area contributed by atoms with Crippen molar-refractivity contribution >= 4 is 17.2 Å². The Morgan fingerprint density at radius 2 is 1.84 bits per heavy atom. The van der Waals surface area contributed by atoms with Crippen molar-refractivity contribution in [3.8, 4) is 11.6 Å². The van der Waals surface area contributed by atoms with Crippen molar-refractivity contribution in [2.24, 2.45) is 5.73 Å². The fourth-order valence-corrected chi connectivity index (χ4v) is 1.93. The predicted molar refractivity (Wildman–Crippen MR) is 80.9 cm³/mol. The van der Waals surface area contributed by atoms with Gasteiger partial charge >= 0.3 is 0 Å². The van der Waals surface area contributed by atoms with Crippen LogP contribution >= 0.6 is 12.2 Å². The summed E-state index contributed by atoms with van der Waals surface area (Å²) in [5.41, 5.74) is 9.74. The maximum Gasteiger partial charge on any atom is 0.219 e. The Morgan fingerprint density at radius 1 is 1.16 bits per heavy atom. The second-order valence-electron chi connectivity index (χ2n) is 4.50. The molecule has 98 valence electrons. The normalized spacial score (nSPS) is 10.3. The van der Waals surface area contributed by atoms with Gasteiger partial charge in [0.25, 0.3) is 0 Å². The van der Waals surface area contributed by atoms with E-state index < -0.39 is 0 Å². The molecule has 2 aromatic rings. The van der Waals surface area contributed by atoms with Gasteiger partial charge in [-0.15, -0.1) is 0 Å². The molecule has 0 amide bonds. The molecule has 0 unspecified atom stereocenters. The zero-order valence-corrected chi connectivity index (χ0v) is 12.0. The van der Waals surface area contributed by atoms with Gasteiger partial charge < -0.3 is 10.5 Å². The fourth-order valence-electron chi connectivity index (χ4n) is 1.81. The molecule has 0 saturated carbocycles. The molecule has 0 bridgehead atoms. The molecule has 1 heterocycles.